The van der Waals surface area contributed by atoms with Gasteiger partial charge in [0.05, 0.1) is 25.7 Å². The number of fused-ring (bicyclic) bond motifs is 2. The lowest BCUT2D eigenvalue weighted by molar-refractivity contribution is -0.141. The number of benzene rings is 2. The zero-order valence-corrected chi connectivity index (χ0v) is 15.2. The summed E-state index contributed by atoms with van der Waals surface area (Å²) in [5, 5.41) is 0. The van der Waals surface area contributed by atoms with Gasteiger partial charge in [-0.25, -0.2) is 0 Å². The van der Waals surface area contributed by atoms with E-state index in [1.54, 1.807) is 12.1 Å². The summed E-state index contributed by atoms with van der Waals surface area (Å²) in [4.78, 5) is 11.5. The molecule has 1 aliphatic heterocycles. The molecule has 0 saturated heterocycles. The predicted octanol–water partition coefficient (Wildman–Crippen LogP) is 4.81. The second kappa shape index (κ2) is 7.04. The Kier molecular flexibility index (Phi) is 4.69. The van der Waals surface area contributed by atoms with Gasteiger partial charge in [-0.05, 0) is 42.2 Å². The van der Waals surface area contributed by atoms with Gasteiger partial charge < -0.3 is 14.2 Å². The molecule has 0 amide bonds. The highest BCUT2D eigenvalue weighted by atomic mass is 19.4. The van der Waals surface area contributed by atoms with Crippen LogP contribution in [0.1, 0.15) is 47.1 Å². The Balaban J connectivity index is 1.49. The molecule has 0 N–H and O–H groups in total. The Morgan fingerprint density at radius 1 is 1.18 bits per heavy atom. The summed E-state index contributed by atoms with van der Waals surface area (Å²) in [5.74, 6) is 0.916. The molecule has 1 heterocycles. The van der Waals surface area contributed by atoms with E-state index in [0.29, 0.717) is 36.5 Å². The highest BCUT2D eigenvalue weighted by molar-refractivity contribution is 5.71. The van der Waals surface area contributed by atoms with Gasteiger partial charge in [-0.15, -0.1) is 0 Å². The Bertz CT molecular complexity index is 907. The van der Waals surface area contributed by atoms with Gasteiger partial charge in [0.25, 0.3) is 0 Å². The monoisotopic (exact) mass is 392 g/mol. The van der Waals surface area contributed by atoms with Crippen molar-refractivity contribution in [3.8, 4) is 11.5 Å². The molecule has 2 aromatic carbocycles. The minimum atomic E-state index is -4.34. The van der Waals surface area contributed by atoms with Crippen LogP contribution in [0.5, 0.6) is 11.5 Å². The fourth-order valence-corrected chi connectivity index (χ4v) is 3.83. The summed E-state index contributed by atoms with van der Waals surface area (Å²) in [7, 11) is 1.35. The Hall–Kier alpha value is -2.70. The van der Waals surface area contributed by atoms with E-state index in [1.807, 2.05) is 6.07 Å². The second-order valence-electron chi connectivity index (χ2n) is 7.04. The molecule has 0 unspecified atom stereocenters. The molecule has 28 heavy (non-hydrogen) atoms. The Morgan fingerprint density at radius 2 is 1.96 bits per heavy atom. The Morgan fingerprint density at radius 3 is 2.71 bits per heavy atom. The van der Waals surface area contributed by atoms with Crippen LogP contribution in [-0.4, -0.2) is 19.7 Å². The molecule has 0 bridgehead atoms. The van der Waals surface area contributed by atoms with Gasteiger partial charge in [0.2, 0.25) is 0 Å². The second-order valence-corrected chi connectivity index (χ2v) is 7.04. The molecule has 0 aromatic heterocycles. The molecular formula is C21H19F3O4. The fraction of sp³-hybridized carbons (Fsp3) is 0.381. The van der Waals surface area contributed by atoms with Crippen molar-refractivity contribution in [2.45, 2.75) is 37.5 Å². The lowest BCUT2D eigenvalue weighted by atomic mass is 9.98. The van der Waals surface area contributed by atoms with Gasteiger partial charge in [0.15, 0.2) is 0 Å². The van der Waals surface area contributed by atoms with E-state index < -0.39 is 11.7 Å². The van der Waals surface area contributed by atoms with Crippen LogP contribution < -0.4 is 9.47 Å². The normalized spacial score (nSPS) is 20.3. The number of rotatable bonds is 4. The molecule has 2 aromatic rings. The summed E-state index contributed by atoms with van der Waals surface area (Å²) in [6.45, 7) is 0.403. The van der Waals surface area contributed by atoms with Crippen molar-refractivity contribution >= 4 is 5.97 Å². The van der Waals surface area contributed by atoms with Crippen LogP contribution in [0.4, 0.5) is 13.2 Å². The third kappa shape index (κ3) is 3.53. The molecule has 0 radical (unpaired) electrons. The third-order valence-electron chi connectivity index (χ3n) is 5.28. The first-order valence-electron chi connectivity index (χ1n) is 9.05. The quantitative estimate of drug-likeness (QED) is 0.701. The van der Waals surface area contributed by atoms with Crippen LogP contribution in [0.2, 0.25) is 0 Å². The van der Waals surface area contributed by atoms with Gasteiger partial charge in [0, 0.05) is 17.5 Å². The number of hydrogen-bond donors (Lipinski definition) is 0. The van der Waals surface area contributed by atoms with Crippen LogP contribution in [0.3, 0.4) is 0 Å². The van der Waals surface area contributed by atoms with Gasteiger partial charge in [-0.2, -0.15) is 13.2 Å². The number of aryl methyl sites for hydroxylation is 1. The molecule has 4 rings (SSSR count). The first-order chi connectivity index (χ1) is 13.3. The summed E-state index contributed by atoms with van der Waals surface area (Å²) in [6, 6.07) is 9.26. The summed E-state index contributed by atoms with van der Waals surface area (Å²) >= 11 is 0. The van der Waals surface area contributed by atoms with Gasteiger partial charge in [0.1, 0.15) is 17.6 Å². The highest BCUT2D eigenvalue weighted by Gasteiger charge is 2.34. The van der Waals surface area contributed by atoms with E-state index in [1.165, 1.54) is 19.2 Å². The lowest BCUT2D eigenvalue weighted by Crippen LogP contribution is -2.09. The fourth-order valence-electron chi connectivity index (χ4n) is 3.83. The van der Waals surface area contributed by atoms with Gasteiger partial charge >= 0.3 is 12.1 Å². The number of halogens is 3. The molecule has 7 heteroatoms. The first kappa shape index (κ1) is 18.7. The standard InChI is InChI=1S/C21H19F3O4/c1-26-20(25)9-13-11-27-19-10-15(4-6-17(13)19)28-18-7-2-12-8-14(21(22,23)24)3-5-16(12)18/h3-6,8,10,13,18H,2,7,9,11H2,1H3/t13-,18-/m1/s1. The van der Waals surface area contributed by atoms with Crippen molar-refractivity contribution in [2.75, 3.05) is 13.7 Å². The predicted molar refractivity (Wildman–Crippen MR) is 94.4 cm³/mol. The van der Waals surface area contributed by atoms with E-state index in [4.69, 9.17) is 14.2 Å². The maximum absolute atomic E-state index is 12.9. The largest absolute Gasteiger partial charge is 0.492 e. The van der Waals surface area contributed by atoms with Crippen molar-refractivity contribution in [2.24, 2.45) is 0 Å². The van der Waals surface area contributed by atoms with Crippen LogP contribution >= 0.6 is 0 Å². The van der Waals surface area contributed by atoms with Crippen molar-refractivity contribution in [3.63, 3.8) is 0 Å². The number of carbonyl (C=O) groups is 1. The number of hydrogen-bond acceptors (Lipinski definition) is 4. The summed E-state index contributed by atoms with van der Waals surface area (Å²) in [6.07, 6.45) is -3.21. The molecule has 4 nitrogen and oxygen atoms in total. The zero-order chi connectivity index (χ0) is 19.9. The average Bonchev–Trinajstić information content (AvgIpc) is 3.24. The highest BCUT2D eigenvalue weighted by Crippen LogP contribution is 2.42. The molecular weight excluding hydrogens is 373 g/mol. The van der Waals surface area contributed by atoms with E-state index in [0.717, 1.165) is 17.2 Å². The smallest absolute Gasteiger partial charge is 0.416 e. The molecule has 148 valence electrons. The first-order valence-corrected chi connectivity index (χ1v) is 9.05. The summed E-state index contributed by atoms with van der Waals surface area (Å²) in [5.41, 5.74) is 1.77. The SMILES string of the molecule is COC(=O)C[C@@H]1COc2cc(O[C@@H]3CCc4cc(C(F)(F)F)ccc43)ccc21. The average molecular weight is 392 g/mol. The number of esters is 1. The third-order valence-corrected chi connectivity index (χ3v) is 5.28. The number of alkyl halides is 3. The number of ether oxygens (including phenoxy) is 3. The summed E-state index contributed by atoms with van der Waals surface area (Å²) < 4.78 is 55.1. The van der Waals surface area contributed by atoms with Crippen LogP contribution in [0.15, 0.2) is 36.4 Å². The minimum absolute atomic E-state index is 0.0514. The maximum Gasteiger partial charge on any atom is 0.416 e. The van der Waals surface area contributed by atoms with Gasteiger partial charge in [-0.1, -0.05) is 12.1 Å². The molecule has 1 aliphatic carbocycles. The minimum Gasteiger partial charge on any atom is -0.492 e. The van der Waals surface area contributed by atoms with E-state index in [2.05, 4.69) is 0 Å². The van der Waals surface area contributed by atoms with Crippen molar-refractivity contribution in [3.05, 3.63) is 58.7 Å². The maximum atomic E-state index is 12.9. The van der Waals surface area contributed by atoms with Crippen LogP contribution in [0, 0.1) is 0 Å². The molecule has 0 saturated carbocycles. The molecule has 0 spiro atoms. The zero-order valence-electron chi connectivity index (χ0n) is 15.2. The number of carbonyl (C=O) groups excluding carboxylic acids is 1. The van der Waals surface area contributed by atoms with Crippen LogP contribution in [-0.2, 0) is 22.1 Å². The van der Waals surface area contributed by atoms with Crippen LogP contribution in [0.25, 0.3) is 0 Å². The molecule has 2 atom stereocenters. The molecule has 0 fully saturated rings. The van der Waals surface area contributed by atoms with E-state index in [-0.39, 0.29) is 24.4 Å². The van der Waals surface area contributed by atoms with Crippen molar-refractivity contribution in [1.82, 2.24) is 0 Å². The number of methoxy groups -OCH3 is 1. The van der Waals surface area contributed by atoms with E-state index >= 15 is 0 Å². The van der Waals surface area contributed by atoms with Crippen molar-refractivity contribution < 1.29 is 32.2 Å². The van der Waals surface area contributed by atoms with E-state index in [9.17, 15) is 18.0 Å². The topological polar surface area (TPSA) is 44.8 Å². The van der Waals surface area contributed by atoms with Gasteiger partial charge in [-0.3, -0.25) is 4.79 Å². The van der Waals surface area contributed by atoms with Crippen molar-refractivity contribution in [1.29, 1.82) is 0 Å². The molecule has 2 aliphatic rings. The Labute approximate surface area is 160 Å². The lowest BCUT2D eigenvalue weighted by Gasteiger charge is -2.16.